The summed E-state index contributed by atoms with van der Waals surface area (Å²) in [5.74, 6) is -0.640. The highest BCUT2D eigenvalue weighted by Crippen LogP contribution is 2.39. The molecule has 8 heteroatoms. The van der Waals surface area contributed by atoms with Crippen LogP contribution >= 0.6 is 11.3 Å². The van der Waals surface area contributed by atoms with Gasteiger partial charge in [0.15, 0.2) is 0 Å². The van der Waals surface area contributed by atoms with Gasteiger partial charge in [0, 0.05) is 6.61 Å². The Kier molecular flexibility index (Phi) is 3.81. The largest absolute Gasteiger partial charge is 0.477 e. The number of hydrogen-bond donors (Lipinski definition) is 2. The van der Waals surface area contributed by atoms with Crippen LogP contribution in [0.1, 0.15) is 34.5 Å². The van der Waals surface area contributed by atoms with E-state index in [0.717, 1.165) is 24.2 Å². The van der Waals surface area contributed by atoms with Crippen LogP contribution in [-0.2, 0) is 14.8 Å². The van der Waals surface area contributed by atoms with E-state index in [-0.39, 0.29) is 21.2 Å². The first-order valence-corrected chi connectivity index (χ1v) is 9.16. The van der Waals surface area contributed by atoms with E-state index in [1.54, 1.807) is 6.92 Å². The molecule has 1 saturated heterocycles. The van der Waals surface area contributed by atoms with Crippen molar-refractivity contribution < 1.29 is 23.1 Å². The number of thiophene rings is 1. The molecule has 1 saturated carbocycles. The third kappa shape index (κ3) is 2.98. The maximum Gasteiger partial charge on any atom is 0.346 e. The highest BCUT2D eigenvalue weighted by atomic mass is 32.2. The fourth-order valence-corrected chi connectivity index (χ4v) is 5.36. The molecule has 2 heterocycles. The summed E-state index contributed by atoms with van der Waals surface area (Å²) in [4.78, 5) is 11.1. The van der Waals surface area contributed by atoms with Crippen molar-refractivity contribution in [3.8, 4) is 0 Å². The fraction of sp³-hybridized carbons (Fsp3) is 0.615. The molecule has 0 spiro atoms. The maximum atomic E-state index is 12.4. The molecule has 0 amide bonds. The zero-order valence-electron chi connectivity index (χ0n) is 11.5. The maximum absolute atomic E-state index is 12.4. The van der Waals surface area contributed by atoms with E-state index in [4.69, 9.17) is 9.84 Å². The van der Waals surface area contributed by atoms with E-state index in [1.165, 1.54) is 6.07 Å². The van der Waals surface area contributed by atoms with Crippen LogP contribution in [-0.4, -0.2) is 38.2 Å². The van der Waals surface area contributed by atoms with E-state index < -0.39 is 16.0 Å². The molecule has 0 radical (unpaired) electrons. The van der Waals surface area contributed by atoms with Crippen molar-refractivity contribution in [2.75, 3.05) is 6.61 Å². The Balaban J connectivity index is 1.80. The monoisotopic (exact) mass is 331 g/mol. The van der Waals surface area contributed by atoms with Crippen LogP contribution in [0.4, 0.5) is 0 Å². The lowest BCUT2D eigenvalue weighted by molar-refractivity contribution is 0.0701. The van der Waals surface area contributed by atoms with Gasteiger partial charge in [0.1, 0.15) is 9.09 Å². The molecule has 1 aromatic rings. The van der Waals surface area contributed by atoms with Crippen molar-refractivity contribution in [2.45, 2.75) is 42.5 Å². The summed E-state index contributed by atoms with van der Waals surface area (Å²) < 4.78 is 33.2. The Morgan fingerprint density at radius 3 is 2.71 bits per heavy atom. The smallest absolute Gasteiger partial charge is 0.346 e. The van der Waals surface area contributed by atoms with Gasteiger partial charge in [0.2, 0.25) is 10.0 Å². The summed E-state index contributed by atoms with van der Waals surface area (Å²) in [5.41, 5.74) is 0.467. The Morgan fingerprint density at radius 1 is 1.43 bits per heavy atom. The predicted octanol–water partition coefficient (Wildman–Crippen LogP) is 1.60. The van der Waals surface area contributed by atoms with Gasteiger partial charge in [-0.15, -0.1) is 11.3 Å². The highest BCUT2D eigenvalue weighted by molar-refractivity contribution is 7.91. The normalized spacial score (nSPS) is 26.1. The Bertz CT molecular complexity index is 662. The summed E-state index contributed by atoms with van der Waals surface area (Å²) in [7, 11) is -3.69. The molecule has 1 aromatic heterocycles. The van der Waals surface area contributed by atoms with Gasteiger partial charge >= 0.3 is 5.97 Å². The molecule has 1 aliphatic carbocycles. The molecule has 116 valence electrons. The van der Waals surface area contributed by atoms with Crippen LogP contribution in [0.15, 0.2) is 10.3 Å². The lowest BCUT2D eigenvalue weighted by atomic mass is 10.1. The Labute approximate surface area is 127 Å². The van der Waals surface area contributed by atoms with Gasteiger partial charge in [-0.2, -0.15) is 0 Å². The molecule has 2 aliphatic rings. The van der Waals surface area contributed by atoms with Crippen LogP contribution in [0.5, 0.6) is 0 Å². The first kappa shape index (κ1) is 15.0. The van der Waals surface area contributed by atoms with Crippen molar-refractivity contribution >= 4 is 27.3 Å². The number of ether oxygens (including phenoxy) is 1. The number of aryl methyl sites for hydroxylation is 1. The molecule has 21 heavy (non-hydrogen) atoms. The van der Waals surface area contributed by atoms with Crippen LogP contribution in [0.2, 0.25) is 0 Å². The molecule has 1 aliphatic heterocycles. The summed E-state index contributed by atoms with van der Waals surface area (Å²) in [6, 6.07) is 1.21. The molecule has 2 N–H and O–H groups in total. The van der Waals surface area contributed by atoms with Crippen LogP contribution < -0.4 is 4.72 Å². The molecule has 2 unspecified atom stereocenters. The van der Waals surface area contributed by atoms with Gasteiger partial charge in [-0.25, -0.2) is 17.9 Å². The molecule has 0 bridgehead atoms. The third-order valence-corrected chi connectivity index (χ3v) is 7.07. The van der Waals surface area contributed by atoms with Gasteiger partial charge in [-0.05, 0) is 43.7 Å². The second-order valence-corrected chi connectivity index (χ2v) is 8.57. The topological polar surface area (TPSA) is 92.7 Å². The number of aromatic carboxylic acids is 1. The van der Waals surface area contributed by atoms with Crippen molar-refractivity contribution in [2.24, 2.45) is 5.92 Å². The second-order valence-electron chi connectivity index (χ2n) is 5.57. The molecule has 0 aromatic carbocycles. The number of carboxylic acids is 1. The predicted molar refractivity (Wildman–Crippen MR) is 77.2 cm³/mol. The zero-order chi connectivity index (χ0) is 15.2. The van der Waals surface area contributed by atoms with Crippen molar-refractivity contribution in [3.05, 3.63) is 16.5 Å². The lowest BCUT2D eigenvalue weighted by Crippen LogP contribution is -2.41. The van der Waals surface area contributed by atoms with Crippen molar-refractivity contribution in [1.29, 1.82) is 0 Å². The minimum absolute atomic E-state index is 0.0419. The average Bonchev–Trinajstić information content (AvgIpc) is 3.00. The Hall–Kier alpha value is -0.960. The number of sulfonamides is 1. The number of rotatable bonds is 5. The first-order chi connectivity index (χ1) is 9.88. The summed E-state index contributed by atoms with van der Waals surface area (Å²) in [5, 5.41) is 9.03. The zero-order valence-corrected chi connectivity index (χ0v) is 13.2. The van der Waals surface area contributed by atoms with Crippen LogP contribution in [0.3, 0.4) is 0 Å². The number of carboxylic acid groups (broad SMARTS) is 1. The number of hydrogen-bond acceptors (Lipinski definition) is 5. The number of nitrogens with one attached hydrogen (secondary N) is 1. The lowest BCUT2D eigenvalue weighted by Gasteiger charge is -2.18. The SMILES string of the molecule is Cc1cc(S(=O)(=O)NC2CCOC2C2CC2)sc1C(=O)O. The van der Waals surface area contributed by atoms with Gasteiger partial charge < -0.3 is 9.84 Å². The van der Waals surface area contributed by atoms with Gasteiger partial charge in [-0.1, -0.05) is 0 Å². The molecule has 2 fully saturated rings. The van der Waals surface area contributed by atoms with E-state index in [1.807, 2.05) is 0 Å². The highest BCUT2D eigenvalue weighted by Gasteiger charge is 2.42. The molecule has 3 rings (SSSR count). The molecular formula is C13H17NO5S2. The fourth-order valence-electron chi connectivity index (χ4n) is 2.68. The van der Waals surface area contributed by atoms with Gasteiger partial charge in [0.25, 0.3) is 0 Å². The van der Waals surface area contributed by atoms with E-state index in [9.17, 15) is 13.2 Å². The summed E-state index contributed by atoms with van der Waals surface area (Å²) in [6.45, 7) is 2.17. The van der Waals surface area contributed by atoms with Crippen LogP contribution in [0, 0.1) is 12.8 Å². The minimum atomic E-state index is -3.69. The average molecular weight is 331 g/mol. The minimum Gasteiger partial charge on any atom is -0.477 e. The molecule has 6 nitrogen and oxygen atoms in total. The molecular weight excluding hydrogens is 314 g/mol. The van der Waals surface area contributed by atoms with Crippen LogP contribution in [0.25, 0.3) is 0 Å². The quantitative estimate of drug-likeness (QED) is 0.855. The summed E-state index contributed by atoms with van der Waals surface area (Å²) in [6.07, 6.45) is 2.80. The van der Waals surface area contributed by atoms with Crippen molar-refractivity contribution in [3.63, 3.8) is 0 Å². The third-order valence-electron chi connectivity index (χ3n) is 3.88. The summed E-state index contributed by atoms with van der Waals surface area (Å²) >= 11 is 0.792. The van der Waals surface area contributed by atoms with E-state index in [2.05, 4.69) is 4.72 Å². The Morgan fingerprint density at radius 2 is 2.14 bits per heavy atom. The van der Waals surface area contributed by atoms with E-state index in [0.29, 0.717) is 24.5 Å². The number of carbonyl (C=O) groups is 1. The van der Waals surface area contributed by atoms with Gasteiger partial charge in [-0.3, -0.25) is 0 Å². The molecule has 2 atom stereocenters. The standard InChI is InChI=1S/C13H17NO5S2/c1-7-6-10(20-12(7)13(15)16)21(17,18)14-9-4-5-19-11(9)8-2-3-8/h6,8-9,11,14H,2-5H2,1H3,(H,15,16). The first-order valence-electron chi connectivity index (χ1n) is 6.86. The van der Waals surface area contributed by atoms with Crippen molar-refractivity contribution in [1.82, 2.24) is 4.72 Å². The second kappa shape index (κ2) is 5.35. The van der Waals surface area contributed by atoms with Gasteiger partial charge in [0.05, 0.1) is 12.1 Å². The van der Waals surface area contributed by atoms with E-state index >= 15 is 0 Å².